The van der Waals surface area contributed by atoms with Crippen LogP contribution in [0.1, 0.15) is 60.9 Å². The van der Waals surface area contributed by atoms with Crippen LogP contribution in [-0.4, -0.2) is 63.4 Å². The molecule has 4 aliphatic rings. The molecule has 4 fully saturated rings. The molecule has 8 rings (SSSR count). The molecule has 4 aromatic rings. The number of carbonyl (C=O) groups excluding carboxylic acids is 1. The smallest absolute Gasteiger partial charge is 0.254 e. The number of methoxy groups -OCH3 is 1. The SMILES string of the molecule is COc1cc(C(=O)N2C[C@H]3CC[C@@H]2[C@@H]3N)cc2nc(-c3cc4cccc(CC5CCCCO5)c4n3CC3CC3)n(C)c12. The van der Waals surface area contributed by atoms with E-state index >= 15 is 0 Å². The molecule has 8 nitrogen and oxygen atoms in total. The molecule has 0 radical (unpaired) electrons. The minimum Gasteiger partial charge on any atom is -0.494 e. The molecule has 220 valence electrons. The fourth-order valence-electron chi connectivity index (χ4n) is 7.98. The normalized spacial score (nSPS) is 25.6. The Hall–Kier alpha value is -3.36. The van der Waals surface area contributed by atoms with Crippen LogP contribution in [0.25, 0.3) is 33.5 Å². The lowest BCUT2D eigenvalue weighted by molar-refractivity contribution is 0.0169. The van der Waals surface area contributed by atoms with Crippen LogP contribution in [0, 0.1) is 11.8 Å². The van der Waals surface area contributed by atoms with Gasteiger partial charge in [-0.15, -0.1) is 0 Å². The first kappa shape index (κ1) is 26.3. The molecule has 2 aromatic carbocycles. The van der Waals surface area contributed by atoms with Crippen molar-refractivity contribution in [3.8, 4) is 17.3 Å². The molecular formula is C34H41N5O3. The Morgan fingerprint density at radius 1 is 1.10 bits per heavy atom. The van der Waals surface area contributed by atoms with Crippen LogP contribution in [0.3, 0.4) is 0 Å². The van der Waals surface area contributed by atoms with E-state index in [2.05, 4.69) is 40.4 Å². The predicted octanol–water partition coefficient (Wildman–Crippen LogP) is 5.29. The van der Waals surface area contributed by atoms with Crippen LogP contribution in [0.2, 0.25) is 0 Å². The third-order valence-corrected chi connectivity index (χ3v) is 10.4. The summed E-state index contributed by atoms with van der Waals surface area (Å²) in [6, 6.07) is 13.0. The third-order valence-electron chi connectivity index (χ3n) is 10.4. The first-order valence-electron chi connectivity index (χ1n) is 15.8. The van der Waals surface area contributed by atoms with Gasteiger partial charge in [0.05, 0.1) is 29.9 Å². The Morgan fingerprint density at radius 3 is 2.69 bits per heavy atom. The van der Waals surface area contributed by atoms with Crippen LogP contribution in [0.15, 0.2) is 36.4 Å². The van der Waals surface area contributed by atoms with Crippen LogP contribution in [0.5, 0.6) is 5.75 Å². The van der Waals surface area contributed by atoms with Gasteiger partial charge in [0, 0.05) is 56.2 Å². The van der Waals surface area contributed by atoms with Crippen molar-refractivity contribution in [3.63, 3.8) is 0 Å². The van der Waals surface area contributed by atoms with Crippen molar-refractivity contribution in [1.29, 1.82) is 0 Å². The number of imidazole rings is 1. The van der Waals surface area contributed by atoms with E-state index in [0.29, 0.717) is 23.1 Å². The predicted molar refractivity (Wildman–Crippen MR) is 164 cm³/mol. The number of aryl methyl sites for hydroxylation is 1. The summed E-state index contributed by atoms with van der Waals surface area (Å²) in [5.74, 6) is 2.71. The fraction of sp³-hybridized carbons (Fsp3) is 0.529. The number of carbonyl (C=O) groups is 1. The lowest BCUT2D eigenvalue weighted by Gasteiger charge is -2.27. The Labute approximate surface area is 246 Å². The monoisotopic (exact) mass is 567 g/mol. The number of amides is 1. The van der Waals surface area contributed by atoms with E-state index in [0.717, 1.165) is 67.9 Å². The van der Waals surface area contributed by atoms with Gasteiger partial charge in [0.1, 0.15) is 11.3 Å². The molecule has 1 amide bonds. The van der Waals surface area contributed by atoms with Gasteiger partial charge in [0.2, 0.25) is 0 Å². The van der Waals surface area contributed by atoms with E-state index in [1.54, 1.807) is 7.11 Å². The van der Waals surface area contributed by atoms with Gasteiger partial charge in [-0.1, -0.05) is 18.2 Å². The Bertz CT molecular complexity index is 1680. The van der Waals surface area contributed by atoms with E-state index in [4.69, 9.17) is 20.2 Å². The van der Waals surface area contributed by atoms with Crippen LogP contribution in [0.4, 0.5) is 0 Å². The molecule has 2 saturated carbocycles. The van der Waals surface area contributed by atoms with Crippen molar-refractivity contribution >= 4 is 27.8 Å². The van der Waals surface area contributed by atoms with Crippen LogP contribution in [-0.2, 0) is 24.8 Å². The number of piperidine rings is 1. The van der Waals surface area contributed by atoms with Gasteiger partial charge in [0.15, 0.2) is 5.82 Å². The highest BCUT2D eigenvalue weighted by atomic mass is 16.5. The second-order valence-electron chi connectivity index (χ2n) is 13.1. The number of benzene rings is 2. The Kier molecular flexibility index (Phi) is 6.34. The summed E-state index contributed by atoms with van der Waals surface area (Å²) >= 11 is 0. The highest BCUT2D eigenvalue weighted by molar-refractivity contribution is 6.00. The molecule has 1 unspecified atom stereocenters. The highest BCUT2D eigenvalue weighted by Crippen LogP contribution is 2.41. The summed E-state index contributed by atoms with van der Waals surface area (Å²) in [6.45, 7) is 2.60. The van der Waals surface area contributed by atoms with Gasteiger partial charge in [-0.2, -0.15) is 0 Å². The number of likely N-dealkylation sites (tertiary alicyclic amines) is 1. The second-order valence-corrected chi connectivity index (χ2v) is 13.1. The van der Waals surface area contributed by atoms with Gasteiger partial charge in [-0.25, -0.2) is 4.98 Å². The summed E-state index contributed by atoms with van der Waals surface area (Å²) in [5.41, 5.74) is 12.5. The first-order chi connectivity index (χ1) is 20.5. The van der Waals surface area contributed by atoms with Crippen molar-refractivity contribution < 1.29 is 14.3 Å². The molecule has 4 atom stereocenters. The zero-order chi connectivity index (χ0) is 28.5. The van der Waals surface area contributed by atoms with E-state index in [-0.39, 0.29) is 24.1 Å². The average molecular weight is 568 g/mol. The number of ether oxygens (including phenoxy) is 2. The number of aromatic nitrogens is 3. The molecule has 4 heterocycles. The van der Waals surface area contributed by atoms with Crippen molar-refractivity contribution in [2.75, 3.05) is 20.3 Å². The molecule has 2 bridgehead atoms. The Morgan fingerprint density at radius 2 is 1.98 bits per heavy atom. The van der Waals surface area contributed by atoms with Gasteiger partial charge in [0.25, 0.3) is 5.91 Å². The Balaban J connectivity index is 1.22. The van der Waals surface area contributed by atoms with E-state index in [1.165, 1.54) is 42.1 Å². The van der Waals surface area contributed by atoms with Crippen LogP contribution >= 0.6 is 0 Å². The summed E-state index contributed by atoms with van der Waals surface area (Å²) in [6.07, 6.45) is 9.42. The number of nitrogens with zero attached hydrogens (tertiary/aromatic N) is 4. The molecule has 0 spiro atoms. The lowest BCUT2D eigenvalue weighted by atomic mass is 9.99. The molecular weight excluding hydrogens is 526 g/mol. The van der Waals surface area contributed by atoms with E-state index < -0.39 is 0 Å². The van der Waals surface area contributed by atoms with Crippen LogP contribution < -0.4 is 10.5 Å². The maximum Gasteiger partial charge on any atom is 0.254 e. The number of nitrogens with two attached hydrogens (primary N) is 1. The van der Waals surface area contributed by atoms with Gasteiger partial charge in [-0.05, 0) is 80.5 Å². The summed E-state index contributed by atoms with van der Waals surface area (Å²) in [5, 5.41) is 1.24. The molecule has 2 N–H and O–H groups in total. The molecule has 2 aliphatic heterocycles. The van der Waals surface area contributed by atoms with Gasteiger partial charge >= 0.3 is 0 Å². The zero-order valence-electron chi connectivity index (χ0n) is 24.7. The minimum absolute atomic E-state index is 0.0301. The van der Waals surface area contributed by atoms with E-state index in [9.17, 15) is 4.79 Å². The number of para-hydroxylation sites is 1. The number of rotatable bonds is 7. The van der Waals surface area contributed by atoms with Crippen molar-refractivity contribution in [2.45, 2.75) is 76.1 Å². The molecule has 2 saturated heterocycles. The quantitative estimate of drug-likeness (QED) is 0.328. The standard InChI is InChI=1S/C34H41N5O3/c1-37-32-26(15-24(17-29(32)41-2)34(40)39-19-23-11-12-27(39)30(23)35)36-33(37)28-16-22-7-5-6-21(14-25-8-3-4-13-42-25)31(22)38(28)18-20-9-10-20/h5-7,15-17,20,23,25,27,30H,3-4,8-14,18-19,35H2,1-2H3/t23-,25?,27-,30-/m1/s1. The molecule has 2 aliphatic carbocycles. The summed E-state index contributed by atoms with van der Waals surface area (Å²) in [7, 11) is 3.73. The lowest BCUT2D eigenvalue weighted by Crippen LogP contribution is -2.41. The molecule has 8 heteroatoms. The third kappa shape index (κ3) is 4.25. The molecule has 42 heavy (non-hydrogen) atoms. The zero-order valence-corrected chi connectivity index (χ0v) is 24.7. The highest BCUT2D eigenvalue weighted by Gasteiger charge is 2.47. The topological polar surface area (TPSA) is 87.5 Å². The second kappa shape index (κ2) is 10.1. The van der Waals surface area contributed by atoms with Crippen molar-refractivity contribution in [3.05, 3.63) is 47.5 Å². The number of hydrogen-bond acceptors (Lipinski definition) is 5. The van der Waals surface area contributed by atoms with Crippen molar-refractivity contribution in [2.24, 2.45) is 24.6 Å². The largest absolute Gasteiger partial charge is 0.494 e. The average Bonchev–Trinajstić information content (AvgIpc) is 3.39. The maximum atomic E-state index is 13.7. The maximum absolute atomic E-state index is 13.7. The van der Waals surface area contributed by atoms with E-state index in [1.807, 2.05) is 17.0 Å². The molecule has 2 aromatic heterocycles. The van der Waals surface area contributed by atoms with Gasteiger partial charge in [-0.3, -0.25) is 4.79 Å². The first-order valence-corrected chi connectivity index (χ1v) is 15.8. The minimum atomic E-state index is 0.0301. The van der Waals surface area contributed by atoms with Gasteiger partial charge < -0.3 is 29.2 Å². The number of fused-ring (bicyclic) bond motifs is 4. The number of hydrogen-bond donors (Lipinski definition) is 1. The van der Waals surface area contributed by atoms with Crippen molar-refractivity contribution in [1.82, 2.24) is 19.0 Å². The summed E-state index contributed by atoms with van der Waals surface area (Å²) < 4.78 is 16.7. The fourth-order valence-corrected chi connectivity index (χ4v) is 7.98. The summed E-state index contributed by atoms with van der Waals surface area (Å²) in [4.78, 5) is 20.9.